The van der Waals surface area contributed by atoms with Crippen LogP contribution in [0, 0.1) is 14.4 Å². The minimum Gasteiger partial charge on any atom is -0.652 e. The Balaban J connectivity index is -0.0000000133. The van der Waals surface area contributed by atoms with Crippen molar-refractivity contribution in [2.24, 2.45) is 0 Å². The Labute approximate surface area is 137 Å². The predicted molar refractivity (Wildman–Crippen MR) is 45.0 cm³/mol. The molecule has 0 aromatic carbocycles. The molecule has 13 heavy (non-hydrogen) atoms. The van der Waals surface area contributed by atoms with E-state index in [1.807, 2.05) is 0 Å². The van der Waals surface area contributed by atoms with Gasteiger partial charge in [0.05, 0.1) is 0 Å². The molecular weight excluding hydrogens is 236 g/mol. The second-order valence-corrected chi connectivity index (χ2v) is 0.533. The third kappa shape index (κ3) is 1420. The second kappa shape index (κ2) is 38.1. The number of hydrogen-bond acceptors (Lipinski definition) is 4. The third-order valence-electron chi connectivity index (χ3n) is 0. The Kier molecular flexibility index (Phi) is 108. The molecular formula is C5H10Ca2O6. The average molecular weight is 246 g/mol. The van der Waals surface area contributed by atoms with Gasteiger partial charge in [-0.2, -0.15) is 6.92 Å². The standard InChI is InChI=1S/C2H5.2CH2O3.CH3.2Ca/c1-2;2*2-1(3)4;;;/h1H2,2H3;2*(H2,2,3,4);1H3;;/q-1;;;-1;2*+2/p-2. The van der Waals surface area contributed by atoms with Gasteiger partial charge in [0.2, 0.25) is 0 Å². The first-order valence-corrected chi connectivity index (χ1v) is 1.97. The summed E-state index contributed by atoms with van der Waals surface area (Å²) in [6, 6.07) is 0. The van der Waals surface area contributed by atoms with Crippen molar-refractivity contribution in [3.63, 3.8) is 0 Å². The van der Waals surface area contributed by atoms with E-state index in [1.165, 1.54) is 0 Å². The summed E-state index contributed by atoms with van der Waals surface area (Å²) in [6.45, 7) is 5.00. The van der Waals surface area contributed by atoms with Crippen LogP contribution in [0.15, 0.2) is 0 Å². The molecule has 0 aliphatic carbocycles. The minimum absolute atomic E-state index is 0. The molecule has 0 atom stereocenters. The van der Waals surface area contributed by atoms with Crippen LogP contribution in [0.3, 0.4) is 0 Å². The largest absolute Gasteiger partial charge is 2.00 e. The van der Waals surface area contributed by atoms with Crippen LogP contribution < -0.4 is 10.2 Å². The number of carbonyl (C=O) groups is 2. The predicted octanol–water partition coefficient (Wildman–Crippen LogP) is -1.70. The van der Waals surface area contributed by atoms with E-state index < -0.39 is 12.3 Å². The molecule has 0 rings (SSSR count). The fourth-order valence-electron chi connectivity index (χ4n) is 0. The molecule has 0 spiro atoms. The fraction of sp³-hybridized carbons (Fsp3) is 0.200. The van der Waals surface area contributed by atoms with Gasteiger partial charge in [-0.25, -0.2) is 4.79 Å². The Morgan fingerprint density at radius 2 is 1.08 bits per heavy atom. The van der Waals surface area contributed by atoms with Gasteiger partial charge < -0.3 is 39.6 Å². The summed E-state index contributed by atoms with van der Waals surface area (Å²) in [7, 11) is 0. The number of rotatable bonds is 0. The van der Waals surface area contributed by atoms with E-state index in [2.05, 4.69) is 6.92 Å². The van der Waals surface area contributed by atoms with Crippen LogP contribution in [0.1, 0.15) is 6.92 Å². The van der Waals surface area contributed by atoms with Gasteiger partial charge in [0.15, 0.2) is 0 Å². The van der Waals surface area contributed by atoms with Crippen molar-refractivity contribution in [1.29, 1.82) is 0 Å². The van der Waals surface area contributed by atoms with Crippen LogP contribution in [-0.4, -0.2) is 98.0 Å². The molecule has 0 unspecified atom stereocenters. The van der Waals surface area contributed by atoms with Crippen molar-refractivity contribution < 1.29 is 30.0 Å². The summed E-state index contributed by atoms with van der Waals surface area (Å²) in [5, 5.41) is 30.6. The first-order chi connectivity index (χ1) is 4.46. The van der Waals surface area contributed by atoms with E-state index >= 15 is 0 Å². The van der Waals surface area contributed by atoms with Crippen molar-refractivity contribution in [2.75, 3.05) is 0 Å². The summed E-state index contributed by atoms with van der Waals surface area (Å²) in [5.41, 5.74) is 0. The van der Waals surface area contributed by atoms with Gasteiger partial charge in [0.25, 0.3) is 0 Å². The van der Waals surface area contributed by atoms with Crippen molar-refractivity contribution in [3.8, 4) is 0 Å². The first kappa shape index (κ1) is 36.9. The maximum absolute atomic E-state index is 8.56. The zero-order chi connectivity index (χ0) is 9.15. The van der Waals surface area contributed by atoms with Gasteiger partial charge in [0, 0.05) is 0 Å². The molecule has 0 amide bonds. The van der Waals surface area contributed by atoms with E-state index in [4.69, 9.17) is 30.0 Å². The number of hydrogen-bond donors (Lipinski definition) is 2. The smallest absolute Gasteiger partial charge is 0.652 e. The van der Waals surface area contributed by atoms with E-state index in [-0.39, 0.29) is 82.9 Å². The average Bonchev–Trinajstić information content (AvgIpc) is 1.66. The quantitative estimate of drug-likeness (QED) is 0.388. The Hall–Kier alpha value is 1.06. The normalized spacial score (nSPS) is 4.15. The van der Waals surface area contributed by atoms with Gasteiger partial charge in [-0.15, -0.1) is 0 Å². The number of carboxylic acid groups (broad SMARTS) is 4. The molecule has 0 fully saturated rings. The van der Waals surface area contributed by atoms with E-state index in [1.54, 1.807) is 6.92 Å². The van der Waals surface area contributed by atoms with Gasteiger partial charge >= 0.3 is 81.6 Å². The maximum atomic E-state index is 8.56. The minimum atomic E-state index is -2.33. The Morgan fingerprint density at radius 1 is 1.08 bits per heavy atom. The molecule has 0 saturated heterocycles. The molecule has 0 aromatic rings. The van der Waals surface area contributed by atoms with Crippen LogP contribution in [0.5, 0.6) is 0 Å². The molecule has 0 radical (unpaired) electrons. The molecule has 0 bridgehead atoms. The van der Waals surface area contributed by atoms with Crippen LogP contribution >= 0.6 is 0 Å². The SMILES string of the molecule is O=C(O)O.O=C([O-])[O-].[CH2-]C.[CH3-].[Ca+2].[Ca+2]. The molecule has 2 N–H and O–H groups in total. The van der Waals surface area contributed by atoms with Crippen molar-refractivity contribution >= 4 is 87.8 Å². The summed E-state index contributed by atoms with van der Waals surface area (Å²) in [5.74, 6) is 0. The molecule has 0 aliphatic heterocycles. The summed E-state index contributed by atoms with van der Waals surface area (Å²) >= 11 is 0. The molecule has 0 saturated carbocycles. The molecule has 0 aliphatic rings. The molecule has 0 heterocycles. The topological polar surface area (TPSA) is 121 Å². The van der Waals surface area contributed by atoms with Gasteiger partial charge in [-0.05, 0) is 6.16 Å². The van der Waals surface area contributed by atoms with Crippen molar-refractivity contribution in [2.45, 2.75) is 6.92 Å². The molecule has 8 heteroatoms. The van der Waals surface area contributed by atoms with Crippen LogP contribution in [-0.2, 0) is 0 Å². The van der Waals surface area contributed by atoms with E-state index in [0.29, 0.717) is 0 Å². The summed E-state index contributed by atoms with van der Waals surface area (Å²) in [4.78, 5) is 16.9. The van der Waals surface area contributed by atoms with Crippen LogP contribution in [0.25, 0.3) is 0 Å². The number of carbonyl (C=O) groups excluding carboxylic acids is 1. The Morgan fingerprint density at radius 3 is 1.08 bits per heavy atom. The van der Waals surface area contributed by atoms with Crippen molar-refractivity contribution in [3.05, 3.63) is 14.4 Å². The zero-order valence-corrected chi connectivity index (χ0v) is 12.1. The molecule has 0 aromatic heterocycles. The first-order valence-electron chi connectivity index (χ1n) is 1.97. The monoisotopic (exact) mass is 246 g/mol. The summed E-state index contributed by atoms with van der Waals surface area (Å²) < 4.78 is 0. The van der Waals surface area contributed by atoms with E-state index in [0.717, 1.165) is 0 Å². The maximum Gasteiger partial charge on any atom is 2.00 e. The van der Waals surface area contributed by atoms with Gasteiger partial charge in [-0.3, -0.25) is 0 Å². The van der Waals surface area contributed by atoms with Crippen LogP contribution in [0.4, 0.5) is 9.59 Å². The van der Waals surface area contributed by atoms with Crippen LogP contribution in [0.2, 0.25) is 0 Å². The molecule has 70 valence electrons. The third-order valence-corrected chi connectivity index (χ3v) is 0. The Bertz CT molecular complexity index is 77.0. The zero-order valence-electron chi connectivity index (χ0n) is 7.65. The second-order valence-electron chi connectivity index (χ2n) is 0.533. The van der Waals surface area contributed by atoms with E-state index in [9.17, 15) is 0 Å². The fourth-order valence-corrected chi connectivity index (χ4v) is 0. The summed E-state index contributed by atoms with van der Waals surface area (Å²) in [6.07, 6.45) is -4.17. The molecule has 6 nitrogen and oxygen atoms in total. The van der Waals surface area contributed by atoms with Gasteiger partial charge in [0.1, 0.15) is 0 Å². The van der Waals surface area contributed by atoms with Gasteiger partial charge in [-0.1, -0.05) is 0 Å². The van der Waals surface area contributed by atoms with Crippen molar-refractivity contribution in [1.82, 2.24) is 0 Å².